The number of carbonyl (C=O) groups excluding carboxylic acids is 1. The van der Waals surface area contributed by atoms with E-state index in [1.54, 1.807) is 12.3 Å². The molecular formula is C21H26N4O3. The number of piperidine rings is 1. The average molecular weight is 382 g/mol. The molecule has 2 aromatic rings. The van der Waals surface area contributed by atoms with Gasteiger partial charge in [0.05, 0.1) is 13.2 Å². The normalized spacial score (nSPS) is 18.4. The van der Waals surface area contributed by atoms with Crippen LogP contribution in [0.1, 0.15) is 35.8 Å². The lowest BCUT2D eigenvalue weighted by Gasteiger charge is -2.37. The largest absolute Gasteiger partial charge is 0.347 e. The van der Waals surface area contributed by atoms with Crippen LogP contribution in [0.25, 0.3) is 0 Å². The van der Waals surface area contributed by atoms with Crippen molar-refractivity contribution in [2.75, 3.05) is 37.7 Å². The molecular weight excluding hydrogens is 356 g/mol. The molecule has 148 valence electrons. The summed E-state index contributed by atoms with van der Waals surface area (Å²) in [6, 6.07) is 11.9. The summed E-state index contributed by atoms with van der Waals surface area (Å²) < 4.78 is 11.5. The summed E-state index contributed by atoms with van der Waals surface area (Å²) in [7, 11) is 0. The molecule has 28 heavy (non-hydrogen) atoms. The number of aromatic nitrogens is 2. The Balaban J connectivity index is 1.44. The van der Waals surface area contributed by atoms with Gasteiger partial charge in [0, 0.05) is 45.2 Å². The minimum absolute atomic E-state index is 0.0627. The molecule has 7 heteroatoms. The first kappa shape index (κ1) is 18.8. The number of benzene rings is 1. The molecule has 2 aliphatic heterocycles. The number of hydrogen-bond donors (Lipinski definition) is 0. The third kappa shape index (κ3) is 4.00. The number of hydrogen-bond acceptors (Lipinski definition) is 6. The minimum Gasteiger partial charge on any atom is -0.347 e. The van der Waals surface area contributed by atoms with E-state index in [1.807, 2.05) is 23.1 Å². The van der Waals surface area contributed by atoms with Crippen LogP contribution >= 0.6 is 0 Å². The Kier molecular flexibility index (Phi) is 5.54. The zero-order chi connectivity index (χ0) is 19.4. The van der Waals surface area contributed by atoms with Gasteiger partial charge >= 0.3 is 0 Å². The maximum atomic E-state index is 13.0. The van der Waals surface area contributed by atoms with Crippen molar-refractivity contribution in [3.63, 3.8) is 0 Å². The fraction of sp³-hybridized carbons (Fsp3) is 0.476. The minimum atomic E-state index is -0.484. The first-order valence-electron chi connectivity index (χ1n) is 9.88. The summed E-state index contributed by atoms with van der Waals surface area (Å²) in [5, 5.41) is 0. The van der Waals surface area contributed by atoms with Gasteiger partial charge in [-0.05, 0) is 18.6 Å². The van der Waals surface area contributed by atoms with Gasteiger partial charge in [0.1, 0.15) is 5.69 Å². The predicted molar refractivity (Wildman–Crippen MR) is 105 cm³/mol. The van der Waals surface area contributed by atoms with Gasteiger partial charge in [-0.3, -0.25) is 4.79 Å². The zero-order valence-corrected chi connectivity index (χ0v) is 16.2. The third-order valence-corrected chi connectivity index (χ3v) is 5.37. The van der Waals surface area contributed by atoms with Gasteiger partial charge in [0.25, 0.3) is 5.91 Å². The second-order valence-corrected chi connectivity index (χ2v) is 7.14. The number of likely N-dealkylation sites (tertiary alicyclic amines) is 1. The van der Waals surface area contributed by atoms with E-state index in [4.69, 9.17) is 9.47 Å². The average Bonchev–Trinajstić information content (AvgIpc) is 3.21. The van der Waals surface area contributed by atoms with Crippen molar-refractivity contribution in [2.45, 2.75) is 32.1 Å². The van der Waals surface area contributed by atoms with Gasteiger partial charge in [0.15, 0.2) is 5.79 Å². The molecule has 2 fully saturated rings. The Bertz CT molecular complexity index is 798. The van der Waals surface area contributed by atoms with Crippen LogP contribution in [0.3, 0.4) is 0 Å². The lowest BCUT2D eigenvalue weighted by molar-refractivity contribution is -0.181. The molecule has 1 aromatic heterocycles. The van der Waals surface area contributed by atoms with Crippen molar-refractivity contribution in [3.8, 4) is 0 Å². The van der Waals surface area contributed by atoms with Crippen molar-refractivity contribution in [3.05, 3.63) is 53.9 Å². The summed E-state index contributed by atoms with van der Waals surface area (Å²) in [6.45, 7) is 6.02. The van der Waals surface area contributed by atoms with E-state index < -0.39 is 5.79 Å². The molecule has 1 aromatic carbocycles. The topological polar surface area (TPSA) is 67.8 Å². The van der Waals surface area contributed by atoms with Crippen LogP contribution in [-0.4, -0.2) is 59.4 Å². The first-order valence-corrected chi connectivity index (χ1v) is 9.88. The molecule has 0 bridgehead atoms. The Hall–Kier alpha value is -2.51. The summed E-state index contributed by atoms with van der Waals surface area (Å²) in [4.78, 5) is 25.8. The van der Waals surface area contributed by atoms with E-state index in [9.17, 15) is 4.79 Å². The summed E-state index contributed by atoms with van der Waals surface area (Å²) in [5.41, 5.74) is 1.61. The smallest absolute Gasteiger partial charge is 0.272 e. The Labute approximate surface area is 165 Å². The SMILES string of the molecule is CCN(Cc1ccccc1)c1nccc(C(=O)N2CCC3(CC2)OCCO3)n1. The first-order chi connectivity index (χ1) is 13.7. The number of carbonyl (C=O) groups is 1. The molecule has 0 atom stereocenters. The summed E-state index contributed by atoms with van der Waals surface area (Å²) in [5.74, 6) is 0.0304. The van der Waals surface area contributed by atoms with E-state index >= 15 is 0 Å². The van der Waals surface area contributed by atoms with Crippen LogP contribution in [0.15, 0.2) is 42.6 Å². The standard InChI is InChI=1S/C21H26N4O3/c1-2-24(16-17-6-4-3-5-7-17)20-22-11-8-18(23-20)19(26)25-12-9-21(10-13-25)27-14-15-28-21/h3-8,11H,2,9-10,12-16H2,1H3. The van der Waals surface area contributed by atoms with Crippen molar-refractivity contribution in [2.24, 2.45) is 0 Å². The number of anilines is 1. The molecule has 1 spiro atoms. The highest BCUT2D eigenvalue weighted by Gasteiger charge is 2.41. The maximum absolute atomic E-state index is 13.0. The van der Waals surface area contributed by atoms with Gasteiger partial charge < -0.3 is 19.3 Å². The van der Waals surface area contributed by atoms with E-state index in [0.717, 1.165) is 6.54 Å². The fourth-order valence-corrected chi connectivity index (χ4v) is 3.75. The highest BCUT2D eigenvalue weighted by Crippen LogP contribution is 2.31. The van der Waals surface area contributed by atoms with Crippen LogP contribution in [0.4, 0.5) is 5.95 Å². The fourth-order valence-electron chi connectivity index (χ4n) is 3.75. The van der Waals surface area contributed by atoms with Crippen LogP contribution in [0, 0.1) is 0 Å². The molecule has 0 saturated carbocycles. The van der Waals surface area contributed by atoms with Gasteiger partial charge in [-0.1, -0.05) is 30.3 Å². The number of amides is 1. The Morgan fingerprint density at radius 2 is 1.86 bits per heavy atom. The van der Waals surface area contributed by atoms with Crippen LogP contribution in [-0.2, 0) is 16.0 Å². The lowest BCUT2D eigenvalue weighted by atomic mass is 10.0. The predicted octanol–water partition coefficient (Wildman–Crippen LogP) is 2.48. The molecule has 1 amide bonds. The van der Waals surface area contributed by atoms with Crippen molar-refractivity contribution in [1.29, 1.82) is 0 Å². The van der Waals surface area contributed by atoms with Crippen LogP contribution in [0.2, 0.25) is 0 Å². The highest BCUT2D eigenvalue weighted by molar-refractivity contribution is 5.92. The van der Waals surface area contributed by atoms with Gasteiger partial charge in [0.2, 0.25) is 5.95 Å². The van der Waals surface area contributed by atoms with Gasteiger partial charge in [-0.15, -0.1) is 0 Å². The molecule has 7 nitrogen and oxygen atoms in total. The number of nitrogens with zero attached hydrogens (tertiary/aromatic N) is 4. The third-order valence-electron chi connectivity index (χ3n) is 5.37. The molecule has 2 saturated heterocycles. The number of rotatable bonds is 5. The molecule has 0 aliphatic carbocycles. The van der Waals surface area contributed by atoms with Crippen molar-refractivity contribution in [1.82, 2.24) is 14.9 Å². The monoisotopic (exact) mass is 382 g/mol. The molecule has 2 aliphatic rings. The van der Waals surface area contributed by atoms with E-state index in [1.165, 1.54) is 5.56 Å². The second-order valence-electron chi connectivity index (χ2n) is 7.14. The zero-order valence-electron chi connectivity index (χ0n) is 16.2. The van der Waals surface area contributed by atoms with Crippen LogP contribution < -0.4 is 4.90 Å². The Morgan fingerprint density at radius 1 is 1.14 bits per heavy atom. The molecule has 0 radical (unpaired) electrons. The quantitative estimate of drug-likeness (QED) is 0.791. The van der Waals surface area contributed by atoms with E-state index in [-0.39, 0.29) is 5.91 Å². The van der Waals surface area contributed by atoms with Crippen molar-refractivity contribution < 1.29 is 14.3 Å². The molecule has 0 unspecified atom stereocenters. The summed E-state index contributed by atoms with van der Waals surface area (Å²) >= 11 is 0. The van der Waals surface area contributed by atoms with Crippen LogP contribution in [0.5, 0.6) is 0 Å². The van der Waals surface area contributed by atoms with Gasteiger partial charge in [-0.25, -0.2) is 9.97 Å². The maximum Gasteiger partial charge on any atom is 0.272 e. The summed E-state index contributed by atoms with van der Waals surface area (Å²) in [6.07, 6.45) is 3.06. The lowest BCUT2D eigenvalue weighted by Crippen LogP contribution is -2.47. The van der Waals surface area contributed by atoms with Gasteiger partial charge in [-0.2, -0.15) is 0 Å². The molecule has 3 heterocycles. The molecule has 0 N–H and O–H groups in total. The molecule has 4 rings (SSSR count). The number of ether oxygens (including phenoxy) is 2. The van der Waals surface area contributed by atoms with E-state index in [0.29, 0.717) is 57.3 Å². The Morgan fingerprint density at radius 3 is 2.54 bits per heavy atom. The highest BCUT2D eigenvalue weighted by atomic mass is 16.7. The second kappa shape index (κ2) is 8.24. The van der Waals surface area contributed by atoms with Crippen molar-refractivity contribution >= 4 is 11.9 Å². The van der Waals surface area contributed by atoms with E-state index in [2.05, 4.69) is 33.9 Å².